The van der Waals surface area contributed by atoms with Crippen LogP contribution in [-0.4, -0.2) is 31.1 Å². The number of nitrogens with one attached hydrogen (secondary N) is 1. The molecular weight excluding hydrogens is 492 g/mol. The fourth-order valence-corrected chi connectivity index (χ4v) is 7.66. The average molecular weight is 529 g/mol. The normalized spacial score (nSPS) is 29.5. The Morgan fingerprint density at radius 1 is 0.974 bits per heavy atom. The summed E-state index contributed by atoms with van der Waals surface area (Å²) >= 11 is 0. The van der Waals surface area contributed by atoms with Crippen molar-refractivity contribution in [3.8, 4) is 11.5 Å². The minimum absolute atomic E-state index is 0.0164. The van der Waals surface area contributed by atoms with Crippen LogP contribution >= 0.6 is 0 Å². The molecule has 7 heteroatoms. The highest BCUT2D eigenvalue weighted by atomic mass is 16.5. The summed E-state index contributed by atoms with van der Waals surface area (Å²) in [6.45, 7) is 4.01. The quantitative estimate of drug-likeness (QED) is 0.352. The van der Waals surface area contributed by atoms with E-state index >= 15 is 0 Å². The number of methoxy groups -OCH3 is 1. The molecule has 1 heterocycles. The number of barbiturate groups is 1. The van der Waals surface area contributed by atoms with E-state index in [1.807, 2.05) is 26.0 Å². The largest absolute Gasteiger partial charge is 0.493 e. The first-order chi connectivity index (χ1) is 18.8. The highest BCUT2D eigenvalue weighted by Gasteiger charge is 2.51. The van der Waals surface area contributed by atoms with Crippen LogP contribution in [0.15, 0.2) is 48.0 Å². The number of benzene rings is 2. The number of imide groups is 2. The molecule has 1 saturated heterocycles. The van der Waals surface area contributed by atoms with Crippen molar-refractivity contribution >= 4 is 29.6 Å². The Morgan fingerprint density at radius 3 is 2.21 bits per heavy atom. The van der Waals surface area contributed by atoms with E-state index in [-0.39, 0.29) is 17.1 Å². The number of nitrogens with zero attached hydrogens (tertiary/aromatic N) is 1. The summed E-state index contributed by atoms with van der Waals surface area (Å²) in [5, 5.41) is 2.33. The Morgan fingerprint density at radius 2 is 1.62 bits per heavy atom. The molecule has 4 aliphatic carbocycles. The number of ether oxygens (including phenoxy) is 2. The van der Waals surface area contributed by atoms with Crippen LogP contribution in [0.1, 0.15) is 69.9 Å². The number of hydrogen-bond acceptors (Lipinski definition) is 5. The van der Waals surface area contributed by atoms with Crippen LogP contribution in [0.2, 0.25) is 0 Å². The van der Waals surface area contributed by atoms with E-state index in [1.54, 1.807) is 25.3 Å². The van der Waals surface area contributed by atoms with Crippen LogP contribution in [0.3, 0.4) is 0 Å². The Balaban J connectivity index is 1.26. The molecule has 0 spiro atoms. The first-order valence-corrected chi connectivity index (χ1v) is 14.1. The van der Waals surface area contributed by atoms with E-state index in [0.29, 0.717) is 22.7 Å². The van der Waals surface area contributed by atoms with E-state index in [1.165, 1.54) is 50.2 Å². The van der Waals surface area contributed by atoms with Crippen molar-refractivity contribution < 1.29 is 23.9 Å². The lowest BCUT2D eigenvalue weighted by Gasteiger charge is -2.57. The average Bonchev–Trinajstić information content (AvgIpc) is 2.91. The van der Waals surface area contributed by atoms with Crippen molar-refractivity contribution in [1.29, 1.82) is 0 Å². The van der Waals surface area contributed by atoms with E-state index < -0.39 is 17.8 Å². The Bertz CT molecular complexity index is 1310. The van der Waals surface area contributed by atoms with Crippen LogP contribution in [0.5, 0.6) is 11.5 Å². The van der Waals surface area contributed by atoms with Gasteiger partial charge in [0.1, 0.15) is 5.57 Å². The van der Waals surface area contributed by atoms with E-state index in [0.717, 1.165) is 29.1 Å². The molecule has 7 nitrogen and oxygen atoms in total. The van der Waals surface area contributed by atoms with Crippen LogP contribution < -0.4 is 19.7 Å². The molecule has 1 atom stereocenters. The molecule has 39 heavy (non-hydrogen) atoms. The summed E-state index contributed by atoms with van der Waals surface area (Å²) in [6.07, 6.45) is 10.2. The number of rotatable bonds is 7. The number of anilines is 1. The number of urea groups is 1. The van der Waals surface area contributed by atoms with Crippen molar-refractivity contribution in [2.24, 2.45) is 17.8 Å². The zero-order valence-corrected chi connectivity index (χ0v) is 22.9. The second-order valence-electron chi connectivity index (χ2n) is 11.9. The lowest BCUT2D eigenvalue weighted by atomic mass is 9.48. The predicted octanol–water partition coefficient (Wildman–Crippen LogP) is 6.01. The van der Waals surface area contributed by atoms with Gasteiger partial charge >= 0.3 is 6.03 Å². The minimum atomic E-state index is -0.736. The molecule has 5 fully saturated rings. The maximum Gasteiger partial charge on any atom is 0.335 e. The van der Waals surface area contributed by atoms with Gasteiger partial charge in [0.2, 0.25) is 0 Å². The van der Waals surface area contributed by atoms with Crippen molar-refractivity contribution in [3.05, 3.63) is 59.2 Å². The molecule has 7 rings (SSSR count). The molecule has 0 unspecified atom stereocenters. The summed E-state index contributed by atoms with van der Waals surface area (Å²) in [5.74, 6) is 2.22. The van der Waals surface area contributed by atoms with Gasteiger partial charge in [-0.05, 0) is 117 Å². The molecule has 4 saturated carbocycles. The van der Waals surface area contributed by atoms with Gasteiger partial charge in [-0.15, -0.1) is 0 Å². The van der Waals surface area contributed by atoms with Gasteiger partial charge in [-0.3, -0.25) is 14.9 Å². The number of hydrogen-bond donors (Lipinski definition) is 1. The van der Waals surface area contributed by atoms with Gasteiger partial charge in [0.15, 0.2) is 11.5 Å². The summed E-state index contributed by atoms with van der Waals surface area (Å²) in [4.78, 5) is 40.1. The smallest absolute Gasteiger partial charge is 0.335 e. The van der Waals surface area contributed by atoms with Crippen molar-refractivity contribution in [2.45, 2.75) is 70.3 Å². The first kappa shape index (κ1) is 25.7. The third-order valence-electron chi connectivity index (χ3n) is 9.28. The number of carbonyl (C=O) groups is 3. The molecule has 4 amide bonds. The third kappa shape index (κ3) is 4.62. The van der Waals surface area contributed by atoms with Gasteiger partial charge in [-0.1, -0.05) is 25.1 Å². The van der Waals surface area contributed by atoms with Gasteiger partial charge in [0.05, 0.1) is 18.9 Å². The molecule has 2 aromatic carbocycles. The summed E-state index contributed by atoms with van der Waals surface area (Å²) in [5.41, 5.74) is 2.48. The van der Waals surface area contributed by atoms with Crippen LogP contribution in [0.4, 0.5) is 10.5 Å². The summed E-state index contributed by atoms with van der Waals surface area (Å²) in [6, 6.07) is 12.4. The number of carbonyl (C=O) groups excluding carboxylic acids is 3. The van der Waals surface area contributed by atoms with Crippen LogP contribution in [0, 0.1) is 17.8 Å². The highest BCUT2D eigenvalue weighted by molar-refractivity contribution is 6.39. The lowest BCUT2D eigenvalue weighted by molar-refractivity contribution is -0.122. The first-order valence-electron chi connectivity index (χ1n) is 14.1. The van der Waals surface area contributed by atoms with E-state index in [4.69, 9.17) is 9.47 Å². The van der Waals surface area contributed by atoms with Gasteiger partial charge in [0.25, 0.3) is 11.8 Å². The second kappa shape index (κ2) is 9.85. The number of amides is 4. The lowest BCUT2D eigenvalue weighted by Crippen LogP contribution is -2.54. The standard InChI is InChI=1S/C32H36N2O5/c1-4-19(2)39-27-10-5-20(15-28(27)38-3)14-26-29(35)33-31(37)34(30(26)36)25-8-6-24(7-9-25)32-16-21-11-22(17-32)13-23(12-21)18-32/h5-10,14-15,19,21-23H,4,11-13,16-18H2,1-3H3,(H,33,35,37)/b26-14+/t19-,21?,22?,23?,32?/m1/s1. The Hall–Kier alpha value is -3.61. The molecule has 5 aliphatic rings. The maximum atomic E-state index is 13.5. The van der Waals surface area contributed by atoms with Gasteiger partial charge in [-0.2, -0.15) is 0 Å². The highest BCUT2D eigenvalue weighted by Crippen LogP contribution is 2.60. The van der Waals surface area contributed by atoms with Gasteiger partial charge in [0, 0.05) is 0 Å². The van der Waals surface area contributed by atoms with Crippen molar-refractivity contribution in [3.63, 3.8) is 0 Å². The van der Waals surface area contributed by atoms with Crippen LogP contribution in [-0.2, 0) is 15.0 Å². The zero-order valence-electron chi connectivity index (χ0n) is 22.9. The second-order valence-corrected chi connectivity index (χ2v) is 11.9. The fraction of sp³-hybridized carbons (Fsp3) is 0.469. The monoisotopic (exact) mass is 528 g/mol. The Kier molecular flexibility index (Phi) is 6.48. The van der Waals surface area contributed by atoms with Crippen molar-refractivity contribution in [1.82, 2.24) is 5.32 Å². The third-order valence-corrected chi connectivity index (χ3v) is 9.28. The van der Waals surface area contributed by atoms with Crippen molar-refractivity contribution in [2.75, 3.05) is 12.0 Å². The molecule has 4 bridgehead atoms. The predicted molar refractivity (Wildman–Crippen MR) is 149 cm³/mol. The van der Waals surface area contributed by atoms with Gasteiger partial charge < -0.3 is 9.47 Å². The molecule has 2 aromatic rings. The van der Waals surface area contributed by atoms with E-state index in [9.17, 15) is 14.4 Å². The molecular formula is C32H36N2O5. The minimum Gasteiger partial charge on any atom is -0.493 e. The molecule has 0 radical (unpaired) electrons. The fourth-order valence-electron chi connectivity index (χ4n) is 7.66. The van der Waals surface area contributed by atoms with Gasteiger partial charge in [-0.25, -0.2) is 9.69 Å². The van der Waals surface area contributed by atoms with E-state index in [2.05, 4.69) is 17.4 Å². The topological polar surface area (TPSA) is 84.9 Å². The molecule has 1 N–H and O–H groups in total. The molecule has 204 valence electrons. The molecule has 1 aliphatic heterocycles. The zero-order chi connectivity index (χ0) is 27.3. The maximum absolute atomic E-state index is 13.5. The molecule has 0 aromatic heterocycles. The Labute approximate surface area is 229 Å². The SMILES string of the molecule is CC[C@@H](C)Oc1ccc(/C=C2\C(=O)NC(=O)N(c3ccc(C45CC6CC(CC(C6)C4)C5)cc3)C2=O)cc1OC. The summed E-state index contributed by atoms with van der Waals surface area (Å²) in [7, 11) is 1.54. The summed E-state index contributed by atoms with van der Waals surface area (Å²) < 4.78 is 11.4. The van der Waals surface area contributed by atoms with Crippen LogP contribution in [0.25, 0.3) is 6.08 Å².